The monoisotopic (exact) mass is 323 g/mol. The number of hydrogen-bond acceptors (Lipinski definition) is 5. The predicted octanol–water partition coefficient (Wildman–Crippen LogP) is 1.85. The highest BCUT2D eigenvalue weighted by Gasteiger charge is 2.37. The van der Waals surface area contributed by atoms with Crippen molar-refractivity contribution in [2.75, 3.05) is 6.54 Å². The van der Waals surface area contributed by atoms with Crippen LogP contribution < -0.4 is 5.32 Å². The lowest BCUT2D eigenvalue weighted by atomic mass is 10.1. The molecule has 24 heavy (non-hydrogen) atoms. The minimum Gasteiger partial charge on any atom is -0.461 e. The second-order valence-electron chi connectivity index (χ2n) is 5.94. The number of benzene rings is 1. The summed E-state index contributed by atoms with van der Waals surface area (Å²) in [6.07, 6.45) is 2.66. The van der Waals surface area contributed by atoms with Gasteiger partial charge in [-0.3, -0.25) is 4.79 Å². The van der Waals surface area contributed by atoms with Crippen LogP contribution in [0.15, 0.2) is 53.1 Å². The minimum atomic E-state index is -0.114. The van der Waals surface area contributed by atoms with Crippen molar-refractivity contribution in [2.24, 2.45) is 5.92 Å². The van der Waals surface area contributed by atoms with Crippen molar-refractivity contribution >= 4 is 5.91 Å². The molecule has 1 fully saturated rings. The highest BCUT2D eigenvalue weighted by atomic mass is 16.3. The number of nitrogens with one attached hydrogen (secondary N) is 1. The van der Waals surface area contributed by atoms with E-state index in [0.717, 1.165) is 6.42 Å². The number of nitrogens with zero attached hydrogens (tertiary/aromatic N) is 4. The molecule has 1 amide bonds. The molecule has 2 aromatic heterocycles. The Kier molecular flexibility index (Phi) is 3.82. The summed E-state index contributed by atoms with van der Waals surface area (Å²) in [7, 11) is 0. The molecule has 1 aliphatic carbocycles. The lowest BCUT2D eigenvalue weighted by Gasteiger charge is -2.04. The fraction of sp³-hybridized carbons (Fsp3) is 0.294. The van der Waals surface area contributed by atoms with Crippen LogP contribution in [-0.2, 0) is 11.3 Å². The van der Waals surface area contributed by atoms with E-state index < -0.39 is 0 Å². The van der Waals surface area contributed by atoms with Gasteiger partial charge in [-0.25, -0.2) is 0 Å². The second-order valence-corrected chi connectivity index (χ2v) is 5.94. The summed E-state index contributed by atoms with van der Waals surface area (Å²) in [4.78, 5) is 13.3. The third-order valence-corrected chi connectivity index (χ3v) is 4.19. The number of tetrazole rings is 1. The summed E-state index contributed by atoms with van der Waals surface area (Å²) in [6, 6.07) is 13.9. The summed E-state index contributed by atoms with van der Waals surface area (Å²) in [5, 5.41) is 14.8. The Labute approximate surface area is 138 Å². The van der Waals surface area contributed by atoms with Crippen molar-refractivity contribution in [1.82, 2.24) is 25.5 Å². The molecule has 0 aliphatic heterocycles. The molecule has 1 N–H and O–H groups in total. The minimum absolute atomic E-state index is 0.0520. The molecule has 0 spiro atoms. The maximum Gasteiger partial charge on any atom is 0.243 e. The zero-order chi connectivity index (χ0) is 16.4. The quantitative estimate of drug-likeness (QED) is 0.748. The summed E-state index contributed by atoms with van der Waals surface area (Å²) in [6.45, 7) is 0.731. The van der Waals surface area contributed by atoms with Gasteiger partial charge in [-0.1, -0.05) is 30.3 Å². The van der Waals surface area contributed by atoms with Crippen LogP contribution in [0.5, 0.6) is 0 Å². The molecule has 7 heteroatoms. The van der Waals surface area contributed by atoms with Gasteiger partial charge in [-0.05, 0) is 41.2 Å². The number of rotatable bonds is 6. The van der Waals surface area contributed by atoms with E-state index >= 15 is 0 Å². The molecule has 1 aromatic carbocycles. The van der Waals surface area contributed by atoms with Gasteiger partial charge in [-0.2, -0.15) is 4.80 Å². The number of aromatic nitrogens is 4. The van der Waals surface area contributed by atoms with Gasteiger partial charge in [0, 0.05) is 6.54 Å². The number of amides is 1. The highest BCUT2D eigenvalue weighted by Crippen LogP contribution is 2.46. The zero-order valence-electron chi connectivity index (χ0n) is 13.0. The van der Waals surface area contributed by atoms with E-state index in [0.29, 0.717) is 30.0 Å². The molecule has 4 rings (SSSR count). The van der Waals surface area contributed by atoms with E-state index in [1.54, 1.807) is 18.4 Å². The van der Waals surface area contributed by atoms with Crippen LogP contribution in [0.2, 0.25) is 0 Å². The maximum atomic E-state index is 12.0. The van der Waals surface area contributed by atoms with Crippen LogP contribution in [0, 0.1) is 5.92 Å². The number of carbonyl (C=O) groups excluding carboxylic acids is 1. The smallest absolute Gasteiger partial charge is 0.243 e. The van der Waals surface area contributed by atoms with Gasteiger partial charge in [0.1, 0.15) is 6.54 Å². The summed E-state index contributed by atoms with van der Waals surface area (Å²) < 4.78 is 5.20. The van der Waals surface area contributed by atoms with Crippen molar-refractivity contribution in [3.8, 4) is 11.6 Å². The van der Waals surface area contributed by atoms with Gasteiger partial charge in [0.25, 0.3) is 0 Å². The fourth-order valence-electron chi connectivity index (χ4n) is 2.83. The number of carbonyl (C=O) groups is 1. The first-order valence-corrected chi connectivity index (χ1v) is 7.93. The summed E-state index contributed by atoms with van der Waals surface area (Å²) in [5.74, 6) is 1.86. The third kappa shape index (κ3) is 3.19. The number of hydrogen-bond donors (Lipinski definition) is 1. The second kappa shape index (κ2) is 6.27. The lowest BCUT2D eigenvalue weighted by molar-refractivity contribution is -0.122. The molecule has 2 atom stereocenters. The largest absolute Gasteiger partial charge is 0.461 e. The van der Waals surface area contributed by atoms with Crippen molar-refractivity contribution in [2.45, 2.75) is 18.9 Å². The van der Waals surface area contributed by atoms with E-state index in [1.807, 2.05) is 6.07 Å². The first kappa shape index (κ1) is 14.6. The van der Waals surface area contributed by atoms with Gasteiger partial charge in [0.2, 0.25) is 11.7 Å². The standard InChI is InChI=1S/C17H17N5O2/c23-16(11-22-20-17(19-21-22)15-7-4-8-24-15)18-10-13-9-14(13)12-5-2-1-3-6-12/h1-8,13-14H,9-11H2,(H,18,23)/t13-,14-/m0/s1. The topological polar surface area (TPSA) is 85.8 Å². The Balaban J connectivity index is 1.26. The lowest BCUT2D eigenvalue weighted by Crippen LogP contribution is -2.30. The SMILES string of the molecule is O=C(Cn1nnc(-c2ccco2)n1)NC[C@@H]1C[C@H]1c1ccccc1. The first-order chi connectivity index (χ1) is 11.8. The molecule has 2 heterocycles. The average Bonchev–Trinajstić information content (AvgIpc) is 2.99. The van der Waals surface area contributed by atoms with Gasteiger partial charge in [0.15, 0.2) is 5.76 Å². The van der Waals surface area contributed by atoms with E-state index in [2.05, 4.69) is 45.0 Å². The molecule has 7 nitrogen and oxygen atoms in total. The molecular weight excluding hydrogens is 306 g/mol. The van der Waals surface area contributed by atoms with Crippen molar-refractivity contribution in [1.29, 1.82) is 0 Å². The fourth-order valence-corrected chi connectivity index (χ4v) is 2.83. The Hall–Kier alpha value is -2.96. The van der Waals surface area contributed by atoms with Crippen LogP contribution >= 0.6 is 0 Å². The Morgan fingerprint density at radius 2 is 2.12 bits per heavy atom. The molecule has 3 aromatic rings. The summed E-state index contributed by atoms with van der Waals surface area (Å²) >= 11 is 0. The van der Waals surface area contributed by atoms with Gasteiger partial charge >= 0.3 is 0 Å². The predicted molar refractivity (Wildman–Crippen MR) is 85.8 cm³/mol. The maximum absolute atomic E-state index is 12.0. The van der Waals surface area contributed by atoms with Gasteiger partial charge in [0.05, 0.1) is 6.26 Å². The van der Waals surface area contributed by atoms with Crippen LogP contribution in [0.3, 0.4) is 0 Å². The van der Waals surface area contributed by atoms with Crippen molar-refractivity contribution in [3.05, 3.63) is 54.3 Å². The van der Waals surface area contributed by atoms with E-state index in [-0.39, 0.29) is 12.5 Å². The van der Waals surface area contributed by atoms with Crippen molar-refractivity contribution < 1.29 is 9.21 Å². The third-order valence-electron chi connectivity index (χ3n) is 4.19. The molecular formula is C17H17N5O2. The van der Waals surface area contributed by atoms with E-state index in [1.165, 1.54) is 10.4 Å². The molecule has 1 aliphatic rings. The molecule has 122 valence electrons. The Morgan fingerprint density at radius 1 is 1.25 bits per heavy atom. The average molecular weight is 323 g/mol. The Bertz CT molecular complexity index is 813. The molecule has 0 radical (unpaired) electrons. The van der Waals surface area contributed by atoms with E-state index in [4.69, 9.17) is 4.42 Å². The highest BCUT2D eigenvalue weighted by molar-refractivity contribution is 5.75. The van der Waals surface area contributed by atoms with Crippen LogP contribution in [0.4, 0.5) is 0 Å². The molecule has 1 saturated carbocycles. The van der Waals surface area contributed by atoms with E-state index in [9.17, 15) is 4.79 Å². The zero-order valence-corrected chi connectivity index (χ0v) is 13.0. The van der Waals surface area contributed by atoms with Crippen molar-refractivity contribution in [3.63, 3.8) is 0 Å². The molecule has 0 saturated heterocycles. The number of furan rings is 1. The summed E-state index contributed by atoms with van der Waals surface area (Å²) in [5.41, 5.74) is 1.35. The normalized spacial score (nSPS) is 19.2. The van der Waals surface area contributed by atoms with Crippen LogP contribution in [-0.4, -0.2) is 32.7 Å². The molecule has 0 bridgehead atoms. The van der Waals surface area contributed by atoms with Crippen LogP contribution in [0.25, 0.3) is 11.6 Å². The van der Waals surface area contributed by atoms with Gasteiger partial charge < -0.3 is 9.73 Å². The van der Waals surface area contributed by atoms with Gasteiger partial charge in [-0.15, -0.1) is 10.2 Å². The molecule has 0 unspecified atom stereocenters. The first-order valence-electron chi connectivity index (χ1n) is 7.93. The Morgan fingerprint density at radius 3 is 2.92 bits per heavy atom. The van der Waals surface area contributed by atoms with Crippen LogP contribution in [0.1, 0.15) is 17.9 Å².